The van der Waals surface area contributed by atoms with Gasteiger partial charge in [-0.3, -0.25) is 0 Å². The minimum Gasteiger partial charge on any atom is -0.384 e. The third kappa shape index (κ3) is 4.76. The number of hydrogen-bond donors (Lipinski definition) is 2. The van der Waals surface area contributed by atoms with Crippen LogP contribution in [0.5, 0.6) is 0 Å². The number of thiocarbonyl (C=S) groups is 1. The van der Waals surface area contributed by atoms with E-state index < -0.39 is 0 Å². The Hall–Kier alpha value is -1.13. The Bertz CT molecular complexity index is 430. The first-order valence-electron chi connectivity index (χ1n) is 7.44. The lowest BCUT2D eigenvalue weighted by atomic mass is 9.96. The molecular weight excluding hydrogens is 268 g/mol. The van der Waals surface area contributed by atoms with Gasteiger partial charge >= 0.3 is 0 Å². The molecule has 0 aliphatic heterocycles. The summed E-state index contributed by atoms with van der Waals surface area (Å²) in [6, 6.07) is 8.80. The van der Waals surface area contributed by atoms with Gasteiger partial charge in [-0.15, -0.1) is 0 Å². The van der Waals surface area contributed by atoms with Crippen molar-refractivity contribution in [2.75, 3.05) is 19.0 Å². The number of hydrogen-bond acceptors (Lipinski definition) is 2. The molecule has 1 aromatic rings. The molecule has 4 heteroatoms. The monoisotopic (exact) mass is 292 g/mol. The zero-order valence-corrected chi connectivity index (χ0v) is 13.0. The van der Waals surface area contributed by atoms with Crippen molar-refractivity contribution in [1.29, 1.82) is 0 Å². The highest BCUT2D eigenvalue weighted by Gasteiger charge is 2.14. The molecule has 20 heavy (non-hydrogen) atoms. The maximum Gasteiger partial charge on any atom is 0.171 e. The van der Waals surface area contributed by atoms with Gasteiger partial charge < -0.3 is 15.4 Å². The van der Waals surface area contributed by atoms with Crippen LogP contribution in [0.25, 0.3) is 0 Å². The number of anilines is 1. The zero-order valence-electron chi connectivity index (χ0n) is 12.2. The first kappa shape index (κ1) is 15.3. The molecule has 0 amide bonds. The Morgan fingerprint density at radius 2 is 2.00 bits per heavy atom. The summed E-state index contributed by atoms with van der Waals surface area (Å²) in [6.07, 6.45) is 7.33. The van der Waals surface area contributed by atoms with E-state index in [1.165, 1.54) is 37.7 Å². The number of para-hydroxylation sites is 1. The van der Waals surface area contributed by atoms with Crippen LogP contribution >= 0.6 is 12.2 Å². The van der Waals surface area contributed by atoms with Gasteiger partial charge in [0.05, 0.1) is 6.61 Å². The maximum atomic E-state index is 5.44. The van der Waals surface area contributed by atoms with Gasteiger partial charge in [0, 0.05) is 18.8 Å². The van der Waals surface area contributed by atoms with Crippen LogP contribution in [0.15, 0.2) is 24.3 Å². The van der Waals surface area contributed by atoms with E-state index in [1.54, 1.807) is 7.11 Å². The lowest BCUT2D eigenvalue weighted by Gasteiger charge is -2.24. The molecule has 110 valence electrons. The molecule has 0 aromatic heterocycles. The highest BCUT2D eigenvalue weighted by Crippen LogP contribution is 2.19. The smallest absolute Gasteiger partial charge is 0.171 e. The van der Waals surface area contributed by atoms with E-state index in [4.69, 9.17) is 17.0 Å². The van der Waals surface area contributed by atoms with Crippen LogP contribution in [-0.2, 0) is 11.2 Å². The van der Waals surface area contributed by atoms with Crippen LogP contribution in [-0.4, -0.2) is 24.9 Å². The summed E-state index contributed by atoms with van der Waals surface area (Å²) in [7, 11) is 1.73. The van der Waals surface area contributed by atoms with Gasteiger partial charge in [-0.05, 0) is 43.1 Å². The lowest BCUT2D eigenvalue weighted by Crippen LogP contribution is -2.39. The van der Waals surface area contributed by atoms with Crippen molar-refractivity contribution in [3.8, 4) is 0 Å². The van der Waals surface area contributed by atoms with Gasteiger partial charge in [0.15, 0.2) is 5.11 Å². The van der Waals surface area contributed by atoms with Crippen molar-refractivity contribution in [1.82, 2.24) is 5.32 Å². The summed E-state index contributed by atoms with van der Waals surface area (Å²) in [6.45, 7) is 0.724. The van der Waals surface area contributed by atoms with E-state index in [-0.39, 0.29) is 0 Å². The third-order valence-corrected chi connectivity index (χ3v) is 4.00. The summed E-state index contributed by atoms with van der Waals surface area (Å²) < 4.78 is 5.15. The fraction of sp³-hybridized carbons (Fsp3) is 0.562. The summed E-state index contributed by atoms with van der Waals surface area (Å²) in [5.74, 6) is 0. The Balaban J connectivity index is 1.89. The standard InChI is InChI=1S/C16H24N2OS/c1-19-12-11-13-7-5-6-10-15(13)18-16(20)17-14-8-3-2-4-9-14/h5-7,10,14H,2-4,8-9,11-12H2,1H3,(H2,17,18,20). The van der Waals surface area contributed by atoms with E-state index in [1.807, 2.05) is 12.1 Å². The topological polar surface area (TPSA) is 33.3 Å². The molecule has 3 nitrogen and oxygen atoms in total. The molecule has 2 N–H and O–H groups in total. The highest BCUT2D eigenvalue weighted by molar-refractivity contribution is 7.80. The summed E-state index contributed by atoms with van der Waals surface area (Å²) >= 11 is 5.44. The molecular formula is C16H24N2OS. The molecule has 2 rings (SSSR count). The van der Waals surface area contributed by atoms with Crippen molar-refractivity contribution < 1.29 is 4.74 Å². The van der Waals surface area contributed by atoms with Gasteiger partial charge in [0.25, 0.3) is 0 Å². The Labute approximate surface area is 127 Å². The quantitative estimate of drug-likeness (QED) is 0.814. The predicted molar refractivity (Wildman–Crippen MR) is 88.3 cm³/mol. The summed E-state index contributed by atoms with van der Waals surface area (Å²) in [4.78, 5) is 0. The van der Waals surface area contributed by atoms with Crippen LogP contribution in [0.4, 0.5) is 5.69 Å². The minimum atomic E-state index is 0.537. The molecule has 0 atom stereocenters. The van der Waals surface area contributed by atoms with Crippen LogP contribution < -0.4 is 10.6 Å². The van der Waals surface area contributed by atoms with Gasteiger partial charge in [-0.1, -0.05) is 37.5 Å². The molecule has 0 heterocycles. The van der Waals surface area contributed by atoms with E-state index in [0.717, 1.165) is 23.8 Å². The molecule has 0 saturated heterocycles. The van der Waals surface area contributed by atoms with Crippen LogP contribution in [0.1, 0.15) is 37.7 Å². The van der Waals surface area contributed by atoms with E-state index in [0.29, 0.717) is 6.04 Å². The molecule has 1 aromatic carbocycles. The Kier molecular flexibility index (Phi) is 6.27. The molecule has 1 aliphatic carbocycles. The number of rotatable bonds is 5. The fourth-order valence-electron chi connectivity index (χ4n) is 2.66. The van der Waals surface area contributed by atoms with Crippen molar-refractivity contribution in [2.45, 2.75) is 44.6 Å². The number of ether oxygens (including phenoxy) is 1. The van der Waals surface area contributed by atoms with Crippen molar-refractivity contribution in [3.05, 3.63) is 29.8 Å². The molecule has 1 aliphatic rings. The summed E-state index contributed by atoms with van der Waals surface area (Å²) in [5.41, 5.74) is 2.32. The van der Waals surface area contributed by atoms with Gasteiger partial charge in [-0.25, -0.2) is 0 Å². The second-order valence-electron chi connectivity index (χ2n) is 5.33. The second kappa shape index (κ2) is 8.22. The molecule has 1 saturated carbocycles. The number of nitrogens with one attached hydrogen (secondary N) is 2. The number of methoxy groups -OCH3 is 1. The molecule has 0 unspecified atom stereocenters. The van der Waals surface area contributed by atoms with Gasteiger partial charge in [0.2, 0.25) is 0 Å². The van der Waals surface area contributed by atoms with Crippen LogP contribution in [0.3, 0.4) is 0 Å². The molecule has 0 radical (unpaired) electrons. The Morgan fingerprint density at radius 3 is 2.75 bits per heavy atom. The fourth-order valence-corrected chi connectivity index (χ4v) is 2.94. The van der Waals surface area contributed by atoms with Crippen molar-refractivity contribution in [2.24, 2.45) is 0 Å². The van der Waals surface area contributed by atoms with E-state index in [2.05, 4.69) is 22.8 Å². The molecule has 0 spiro atoms. The molecule has 1 fully saturated rings. The van der Waals surface area contributed by atoms with E-state index >= 15 is 0 Å². The average molecular weight is 292 g/mol. The predicted octanol–water partition coefficient (Wildman–Crippen LogP) is 3.49. The Morgan fingerprint density at radius 1 is 1.25 bits per heavy atom. The van der Waals surface area contributed by atoms with Crippen molar-refractivity contribution in [3.63, 3.8) is 0 Å². The lowest BCUT2D eigenvalue weighted by molar-refractivity contribution is 0.202. The SMILES string of the molecule is COCCc1ccccc1NC(=S)NC1CCCCC1. The van der Waals surface area contributed by atoms with Gasteiger partial charge in [-0.2, -0.15) is 0 Å². The summed E-state index contributed by atoms with van der Waals surface area (Å²) in [5, 5.41) is 7.51. The highest BCUT2D eigenvalue weighted by atomic mass is 32.1. The zero-order chi connectivity index (χ0) is 14.2. The van der Waals surface area contributed by atoms with Gasteiger partial charge in [0.1, 0.15) is 0 Å². The van der Waals surface area contributed by atoms with E-state index in [9.17, 15) is 0 Å². The average Bonchev–Trinajstić information content (AvgIpc) is 2.47. The minimum absolute atomic E-state index is 0.537. The first-order chi connectivity index (χ1) is 9.79. The third-order valence-electron chi connectivity index (χ3n) is 3.78. The van der Waals surface area contributed by atoms with Crippen LogP contribution in [0.2, 0.25) is 0 Å². The second-order valence-corrected chi connectivity index (χ2v) is 5.74. The van der Waals surface area contributed by atoms with Crippen LogP contribution in [0, 0.1) is 0 Å². The molecule has 0 bridgehead atoms. The first-order valence-corrected chi connectivity index (χ1v) is 7.85. The normalized spacial score (nSPS) is 15.8. The number of benzene rings is 1. The largest absolute Gasteiger partial charge is 0.384 e. The van der Waals surface area contributed by atoms with Crippen molar-refractivity contribution >= 4 is 23.0 Å². The maximum absolute atomic E-state index is 5.44.